The Hall–Kier alpha value is -7.72. The molecule has 13 N–H and O–H groups in total. The van der Waals surface area contributed by atoms with Crippen LogP contribution in [0.4, 0.5) is 0 Å². The van der Waals surface area contributed by atoms with Gasteiger partial charge in [-0.05, 0) is 24.3 Å². The molecule has 7 rings (SSSR count). The van der Waals surface area contributed by atoms with Gasteiger partial charge in [-0.2, -0.15) is 0 Å². The molecule has 0 saturated carbocycles. The number of carbonyl (C=O) groups excluding carboxylic acids is 4. The minimum Gasteiger partial charge on any atom is -0.504 e. The SMILES string of the molecule is O=C1OCC2O[C@@H](O)C3OC(=O)c4cc(O)c(O)c(O)c4-c4c(cc(O)c(O)c4O)C(=O)O[C@@H]3[C@@H]2OC(=O)c2cc(O)c(O)c(O)c2-c2cc1c(O)c(O)c2O. The van der Waals surface area contributed by atoms with Crippen LogP contribution >= 0.6 is 0 Å². The minimum atomic E-state index is -2.42. The van der Waals surface area contributed by atoms with E-state index < -0.39 is 175 Å². The van der Waals surface area contributed by atoms with Crippen molar-refractivity contribution in [2.75, 3.05) is 6.61 Å². The number of hydrogen-bond donors (Lipinski definition) is 13. The van der Waals surface area contributed by atoms with Crippen molar-refractivity contribution in [1.82, 2.24) is 0 Å². The average molecular weight is 785 g/mol. The van der Waals surface area contributed by atoms with E-state index in [0.29, 0.717) is 24.3 Å². The summed E-state index contributed by atoms with van der Waals surface area (Å²) in [6.07, 6.45) is -11.2. The maximum Gasteiger partial charge on any atom is 0.342 e. The van der Waals surface area contributed by atoms with Gasteiger partial charge in [-0.25, -0.2) is 19.2 Å². The molecule has 2 bridgehead atoms. The molecule has 0 amide bonds. The Bertz CT molecular complexity index is 2440. The van der Waals surface area contributed by atoms with Gasteiger partial charge in [0.05, 0.1) is 16.7 Å². The van der Waals surface area contributed by atoms with Crippen molar-refractivity contribution < 1.29 is 109 Å². The first-order chi connectivity index (χ1) is 26.3. The lowest BCUT2D eigenvalue weighted by Gasteiger charge is -2.43. The number of benzene rings is 4. The molecule has 0 spiro atoms. The molecule has 292 valence electrons. The van der Waals surface area contributed by atoms with Crippen LogP contribution < -0.4 is 0 Å². The summed E-state index contributed by atoms with van der Waals surface area (Å²) < 4.78 is 27.1. The number of ether oxygens (including phenoxy) is 5. The predicted molar refractivity (Wildman–Crippen MR) is 173 cm³/mol. The molecular formula is C34H24O22. The van der Waals surface area contributed by atoms with E-state index >= 15 is 0 Å². The molecule has 4 aromatic carbocycles. The molecule has 0 aliphatic carbocycles. The van der Waals surface area contributed by atoms with Crippen molar-refractivity contribution in [2.24, 2.45) is 0 Å². The highest BCUT2D eigenvalue weighted by atomic mass is 16.7. The minimum absolute atomic E-state index is 0.472. The number of carbonyl (C=O) groups is 4. The Balaban J connectivity index is 1.44. The number of aliphatic hydroxyl groups is 1. The number of fused-ring (bicyclic) bond motifs is 10. The Labute approximate surface area is 308 Å². The Morgan fingerprint density at radius 1 is 0.411 bits per heavy atom. The molecule has 3 aliphatic heterocycles. The lowest BCUT2D eigenvalue weighted by atomic mass is 9.91. The highest BCUT2D eigenvalue weighted by Crippen LogP contribution is 2.54. The van der Waals surface area contributed by atoms with Gasteiger partial charge >= 0.3 is 23.9 Å². The van der Waals surface area contributed by atoms with E-state index in [4.69, 9.17) is 23.7 Å². The fourth-order valence-electron chi connectivity index (χ4n) is 6.42. The summed E-state index contributed by atoms with van der Waals surface area (Å²) >= 11 is 0. The van der Waals surface area contributed by atoms with Gasteiger partial charge in [0.25, 0.3) is 0 Å². The van der Waals surface area contributed by atoms with Gasteiger partial charge in [-0.15, -0.1) is 0 Å². The highest BCUT2D eigenvalue weighted by molar-refractivity contribution is 6.09. The number of phenols is 12. The predicted octanol–water partition coefficient (Wildman–Crippen LogP) is 0.665. The molecule has 0 aromatic heterocycles. The summed E-state index contributed by atoms with van der Waals surface area (Å²) in [5.74, 6) is -22.0. The fraction of sp³-hybridized carbons (Fsp3) is 0.176. The van der Waals surface area contributed by atoms with Crippen LogP contribution in [-0.4, -0.2) is 128 Å². The number of aliphatic hydroxyl groups excluding tert-OH is 1. The van der Waals surface area contributed by atoms with Crippen LogP contribution in [0.2, 0.25) is 0 Å². The number of esters is 4. The second kappa shape index (κ2) is 12.7. The number of hydrogen-bond acceptors (Lipinski definition) is 22. The number of rotatable bonds is 0. The number of phenolic OH excluding ortho intramolecular Hbond substituents is 12. The Kier molecular flexibility index (Phi) is 8.31. The summed E-state index contributed by atoms with van der Waals surface area (Å²) in [7, 11) is 0. The van der Waals surface area contributed by atoms with Crippen molar-refractivity contribution in [1.29, 1.82) is 0 Å². The maximum absolute atomic E-state index is 14.0. The van der Waals surface area contributed by atoms with Gasteiger partial charge in [-0.3, -0.25) is 0 Å². The molecule has 2 unspecified atom stereocenters. The maximum atomic E-state index is 14.0. The zero-order chi connectivity index (χ0) is 40.8. The van der Waals surface area contributed by atoms with Crippen LogP contribution in [0, 0.1) is 0 Å². The molecule has 4 aromatic rings. The van der Waals surface area contributed by atoms with Crippen LogP contribution in [0.15, 0.2) is 24.3 Å². The van der Waals surface area contributed by atoms with Crippen molar-refractivity contribution in [2.45, 2.75) is 30.7 Å². The molecule has 0 radical (unpaired) electrons. The molecule has 5 atom stereocenters. The standard InChI is InChI=1S/C34H24O22/c35-11-2-7-15(23(43)20(11)40)6-1-10(19(39)26(46)18(6)38)30(47)52-5-14-27(54-31(7)48)28-29(34(51)53-14)56-33(50)9-4-13(37)22(42)25(45)17(9)16-8(32(49)55-28)3-12(36)21(41)24(16)44/h1-4,14,27-29,34-46,51H,5H2/t14?,27-,28-,29?,34-/m1/s1. The normalized spacial score (nSPS) is 21.8. The molecule has 1 saturated heterocycles. The fourth-order valence-corrected chi connectivity index (χ4v) is 6.42. The van der Waals surface area contributed by atoms with Gasteiger partial charge in [-0.1, -0.05) is 0 Å². The van der Waals surface area contributed by atoms with Crippen LogP contribution in [0.3, 0.4) is 0 Å². The zero-order valence-electron chi connectivity index (χ0n) is 27.4. The quantitative estimate of drug-likeness (QED) is 0.0661. The van der Waals surface area contributed by atoms with Gasteiger partial charge in [0, 0.05) is 22.3 Å². The summed E-state index contributed by atoms with van der Waals surface area (Å²) in [4.78, 5) is 55.1. The molecule has 22 nitrogen and oxygen atoms in total. The van der Waals surface area contributed by atoms with E-state index in [9.17, 15) is 85.6 Å². The third kappa shape index (κ3) is 5.34. The molecule has 22 heteroatoms. The van der Waals surface area contributed by atoms with E-state index in [-0.39, 0.29) is 0 Å². The van der Waals surface area contributed by atoms with Gasteiger partial charge in [0.1, 0.15) is 18.3 Å². The van der Waals surface area contributed by atoms with E-state index in [1.54, 1.807) is 0 Å². The smallest absolute Gasteiger partial charge is 0.342 e. The summed E-state index contributed by atoms with van der Waals surface area (Å²) in [6, 6.07) is 2.07. The first-order valence-electron chi connectivity index (χ1n) is 15.6. The number of cyclic esters (lactones) is 1. The topological polar surface area (TPSA) is 377 Å². The Morgan fingerprint density at radius 3 is 1.32 bits per heavy atom. The first kappa shape index (κ1) is 36.6. The second-order valence-corrected chi connectivity index (χ2v) is 12.3. The van der Waals surface area contributed by atoms with Crippen LogP contribution in [0.25, 0.3) is 22.3 Å². The van der Waals surface area contributed by atoms with Crippen LogP contribution in [0.5, 0.6) is 69.0 Å². The van der Waals surface area contributed by atoms with E-state index in [2.05, 4.69) is 0 Å². The molecule has 3 heterocycles. The van der Waals surface area contributed by atoms with Crippen molar-refractivity contribution >= 4 is 23.9 Å². The molecule has 1 fully saturated rings. The van der Waals surface area contributed by atoms with Crippen molar-refractivity contribution in [3.63, 3.8) is 0 Å². The van der Waals surface area contributed by atoms with E-state index in [1.165, 1.54) is 0 Å². The average Bonchev–Trinajstić information content (AvgIpc) is 3.15. The summed E-state index contributed by atoms with van der Waals surface area (Å²) in [6.45, 7) is -1.09. The Morgan fingerprint density at radius 2 is 0.821 bits per heavy atom. The van der Waals surface area contributed by atoms with Gasteiger partial charge in [0.2, 0.25) is 23.0 Å². The van der Waals surface area contributed by atoms with E-state index in [1.807, 2.05) is 0 Å². The summed E-state index contributed by atoms with van der Waals surface area (Å²) in [5, 5.41) is 137. The van der Waals surface area contributed by atoms with Gasteiger partial charge < -0.3 is 90.1 Å². The first-order valence-corrected chi connectivity index (χ1v) is 15.6. The van der Waals surface area contributed by atoms with E-state index in [0.717, 1.165) is 0 Å². The van der Waals surface area contributed by atoms with Gasteiger partial charge in [0.15, 0.2) is 70.6 Å². The third-order valence-corrected chi connectivity index (χ3v) is 9.13. The van der Waals surface area contributed by atoms with Crippen LogP contribution in [0.1, 0.15) is 41.4 Å². The number of aromatic hydroxyl groups is 12. The third-order valence-electron chi connectivity index (χ3n) is 9.13. The molecular weight excluding hydrogens is 760 g/mol. The van der Waals surface area contributed by atoms with Crippen molar-refractivity contribution in [3.8, 4) is 91.2 Å². The monoisotopic (exact) mass is 784 g/mol. The van der Waals surface area contributed by atoms with Crippen molar-refractivity contribution in [3.05, 3.63) is 46.5 Å². The largest absolute Gasteiger partial charge is 0.504 e. The lowest BCUT2D eigenvalue weighted by molar-refractivity contribution is -0.284. The second-order valence-electron chi connectivity index (χ2n) is 12.3. The molecule has 56 heavy (non-hydrogen) atoms. The highest BCUT2D eigenvalue weighted by Gasteiger charge is 2.54. The summed E-state index contributed by atoms with van der Waals surface area (Å²) in [5.41, 5.74) is -7.58. The zero-order valence-corrected chi connectivity index (χ0v) is 27.4. The molecule has 3 aliphatic rings. The lowest BCUT2D eigenvalue weighted by Crippen LogP contribution is -2.62. The van der Waals surface area contributed by atoms with Crippen LogP contribution in [-0.2, 0) is 23.7 Å².